The van der Waals surface area contributed by atoms with Gasteiger partial charge >= 0.3 is 0 Å². The molecule has 0 aromatic carbocycles. The molecule has 1 aliphatic rings. The maximum atomic E-state index is 11.2. The van der Waals surface area contributed by atoms with Crippen molar-refractivity contribution in [1.29, 1.82) is 0 Å². The Labute approximate surface area is 166 Å². The standard InChI is InChI=1S/C18H34N4O6/c1-12-6-20(9-16(23)24)14(3)8-22(11-18(27)28)15(4)7-21(10-17(25)26)13(2)5-19-12/h12-15,19H,5-11H2,1-4H3,(H,23,24)(H,25,26)(H,27,28)/p-3/t12-,13-,14-,15-/m0/s1. The van der Waals surface area contributed by atoms with E-state index in [9.17, 15) is 29.7 Å². The molecular formula is C18H31N4O6-3. The average Bonchev–Trinajstić information content (AvgIpc) is 2.55. The number of carboxylic acids is 3. The van der Waals surface area contributed by atoms with E-state index in [-0.39, 0.29) is 43.8 Å². The first-order valence-electron chi connectivity index (χ1n) is 9.54. The first-order chi connectivity index (χ1) is 13.0. The summed E-state index contributed by atoms with van der Waals surface area (Å²) in [5.74, 6) is -3.63. The molecule has 28 heavy (non-hydrogen) atoms. The van der Waals surface area contributed by atoms with Crippen molar-refractivity contribution in [2.45, 2.75) is 51.9 Å². The number of aliphatic carboxylic acids is 3. The highest BCUT2D eigenvalue weighted by Gasteiger charge is 2.26. The molecule has 0 aromatic rings. The van der Waals surface area contributed by atoms with E-state index in [0.717, 1.165) is 0 Å². The first-order valence-corrected chi connectivity index (χ1v) is 9.54. The molecule has 0 saturated carbocycles. The summed E-state index contributed by atoms with van der Waals surface area (Å²) in [6, 6.07) is -0.737. The Balaban J connectivity index is 3.11. The molecule has 0 spiro atoms. The molecule has 0 unspecified atom stereocenters. The lowest BCUT2D eigenvalue weighted by atomic mass is 10.1. The third-order valence-electron chi connectivity index (χ3n) is 5.13. The van der Waals surface area contributed by atoms with Crippen molar-refractivity contribution in [3.05, 3.63) is 0 Å². The van der Waals surface area contributed by atoms with E-state index in [1.165, 1.54) is 0 Å². The van der Waals surface area contributed by atoms with Gasteiger partial charge in [0.15, 0.2) is 0 Å². The van der Waals surface area contributed by atoms with Gasteiger partial charge in [0.2, 0.25) is 0 Å². The number of rotatable bonds is 6. The molecule has 1 heterocycles. The van der Waals surface area contributed by atoms with Crippen LogP contribution >= 0.6 is 0 Å². The Morgan fingerprint density at radius 2 is 1.07 bits per heavy atom. The van der Waals surface area contributed by atoms with Crippen LogP contribution in [0.25, 0.3) is 0 Å². The number of nitrogens with one attached hydrogen (secondary N) is 1. The fourth-order valence-corrected chi connectivity index (χ4v) is 3.53. The second-order valence-corrected chi connectivity index (χ2v) is 7.76. The Morgan fingerprint density at radius 3 is 1.46 bits per heavy atom. The quantitative estimate of drug-likeness (QED) is 0.463. The Bertz CT molecular complexity index is 532. The lowest BCUT2D eigenvalue weighted by Crippen LogP contribution is -2.58. The van der Waals surface area contributed by atoms with Crippen LogP contribution in [0.1, 0.15) is 27.7 Å². The van der Waals surface area contributed by atoms with E-state index in [4.69, 9.17) is 0 Å². The molecule has 10 heteroatoms. The monoisotopic (exact) mass is 399 g/mol. The normalized spacial score (nSPS) is 29.6. The van der Waals surface area contributed by atoms with Crippen molar-refractivity contribution >= 4 is 17.9 Å². The van der Waals surface area contributed by atoms with Crippen molar-refractivity contribution in [2.24, 2.45) is 0 Å². The molecule has 0 aliphatic carbocycles. The largest absolute Gasteiger partial charge is 0.549 e. The second kappa shape index (κ2) is 11.3. The van der Waals surface area contributed by atoms with Gasteiger partial charge in [-0.2, -0.15) is 0 Å². The van der Waals surface area contributed by atoms with Crippen LogP contribution in [0.2, 0.25) is 0 Å². The molecular weight excluding hydrogens is 368 g/mol. The van der Waals surface area contributed by atoms with Gasteiger partial charge in [0, 0.05) is 70.0 Å². The Morgan fingerprint density at radius 1 is 0.714 bits per heavy atom. The first kappa shape index (κ1) is 24.3. The van der Waals surface area contributed by atoms with Gasteiger partial charge in [-0.25, -0.2) is 0 Å². The highest BCUT2D eigenvalue weighted by molar-refractivity contribution is 5.67. The van der Waals surface area contributed by atoms with Gasteiger partial charge in [0.1, 0.15) is 0 Å². The van der Waals surface area contributed by atoms with Crippen LogP contribution in [0, 0.1) is 0 Å². The van der Waals surface area contributed by atoms with Crippen LogP contribution in [-0.2, 0) is 14.4 Å². The molecule has 1 aliphatic heterocycles. The SMILES string of the molecule is C[C@H]1CN(CC(=O)[O-])[C@@H](C)CN(CC(=O)[O-])[C@@H](C)CN(CC(=O)[O-])[C@@H](C)CN1. The maximum absolute atomic E-state index is 11.2. The molecule has 10 nitrogen and oxygen atoms in total. The van der Waals surface area contributed by atoms with Crippen molar-refractivity contribution in [3.63, 3.8) is 0 Å². The second-order valence-electron chi connectivity index (χ2n) is 7.76. The third-order valence-corrected chi connectivity index (χ3v) is 5.13. The van der Waals surface area contributed by atoms with Gasteiger partial charge in [-0.3, -0.25) is 14.7 Å². The van der Waals surface area contributed by atoms with Crippen LogP contribution in [0.5, 0.6) is 0 Å². The third kappa shape index (κ3) is 8.51. The summed E-state index contributed by atoms with van der Waals surface area (Å²) in [6.07, 6.45) is 0. The van der Waals surface area contributed by atoms with Crippen molar-refractivity contribution < 1.29 is 29.7 Å². The van der Waals surface area contributed by atoms with E-state index >= 15 is 0 Å². The molecule has 0 amide bonds. The van der Waals surface area contributed by atoms with Crippen LogP contribution < -0.4 is 20.6 Å². The predicted molar refractivity (Wildman–Crippen MR) is 95.6 cm³/mol. The van der Waals surface area contributed by atoms with Gasteiger partial charge in [0.05, 0.1) is 17.9 Å². The summed E-state index contributed by atoms with van der Waals surface area (Å²) >= 11 is 0. The number of carboxylic acid groups (broad SMARTS) is 3. The number of carbonyl (C=O) groups excluding carboxylic acids is 3. The van der Waals surface area contributed by atoms with E-state index in [0.29, 0.717) is 26.2 Å². The molecule has 4 atom stereocenters. The molecule has 0 aromatic heterocycles. The molecule has 0 radical (unpaired) electrons. The summed E-state index contributed by atoms with van der Waals surface area (Å²) in [6.45, 7) is 8.14. The van der Waals surface area contributed by atoms with Crippen LogP contribution in [0.15, 0.2) is 0 Å². The molecule has 1 saturated heterocycles. The average molecular weight is 399 g/mol. The van der Waals surface area contributed by atoms with Gasteiger partial charge in [-0.05, 0) is 27.7 Å². The topological polar surface area (TPSA) is 142 Å². The smallest absolute Gasteiger partial charge is 0.0555 e. The zero-order valence-corrected chi connectivity index (χ0v) is 17.1. The van der Waals surface area contributed by atoms with E-state index in [1.807, 2.05) is 27.7 Å². The van der Waals surface area contributed by atoms with Crippen molar-refractivity contribution in [2.75, 3.05) is 45.8 Å². The van der Waals surface area contributed by atoms with Crippen LogP contribution in [0.4, 0.5) is 0 Å². The lowest BCUT2D eigenvalue weighted by Gasteiger charge is -2.41. The molecule has 1 rings (SSSR count). The highest BCUT2D eigenvalue weighted by atomic mass is 16.4. The molecule has 1 fully saturated rings. The summed E-state index contributed by atoms with van der Waals surface area (Å²) in [4.78, 5) is 38.7. The summed E-state index contributed by atoms with van der Waals surface area (Å²) in [5, 5.41) is 36.9. The number of hydrogen-bond acceptors (Lipinski definition) is 10. The van der Waals surface area contributed by atoms with Gasteiger partial charge in [-0.1, -0.05) is 0 Å². The number of nitrogens with zero attached hydrogens (tertiary/aromatic N) is 3. The van der Waals surface area contributed by atoms with Gasteiger partial charge in [-0.15, -0.1) is 0 Å². The minimum absolute atomic E-state index is 0.0551. The fourth-order valence-electron chi connectivity index (χ4n) is 3.53. The zero-order valence-electron chi connectivity index (χ0n) is 17.1. The van der Waals surface area contributed by atoms with Crippen molar-refractivity contribution in [1.82, 2.24) is 20.0 Å². The Kier molecular flexibility index (Phi) is 9.80. The summed E-state index contributed by atoms with van der Waals surface area (Å²) in [5.41, 5.74) is 0. The molecule has 162 valence electrons. The van der Waals surface area contributed by atoms with Gasteiger partial charge in [0.25, 0.3) is 0 Å². The van der Waals surface area contributed by atoms with E-state index < -0.39 is 17.9 Å². The number of hydrogen-bond donors (Lipinski definition) is 1. The van der Waals surface area contributed by atoms with Crippen molar-refractivity contribution in [3.8, 4) is 0 Å². The van der Waals surface area contributed by atoms with Gasteiger partial charge < -0.3 is 35.0 Å². The minimum atomic E-state index is -1.24. The fraction of sp³-hybridized carbons (Fsp3) is 0.833. The van der Waals surface area contributed by atoms with Crippen LogP contribution in [-0.4, -0.2) is 103 Å². The van der Waals surface area contributed by atoms with Crippen LogP contribution in [0.3, 0.4) is 0 Å². The lowest BCUT2D eigenvalue weighted by molar-refractivity contribution is -0.309. The molecule has 0 bridgehead atoms. The Hall–Kier alpha value is -1.75. The van der Waals surface area contributed by atoms with E-state index in [2.05, 4.69) is 5.32 Å². The van der Waals surface area contributed by atoms with E-state index in [1.54, 1.807) is 14.7 Å². The maximum Gasteiger partial charge on any atom is 0.0555 e. The summed E-state index contributed by atoms with van der Waals surface area (Å²) in [7, 11) is 0. The zero-order chi connectivity index (χ0) is 21.4. The highest BCUT2D eigenvalue weighted by Crippen LogP contribution is 2.11. The molecule has 1 N–H and O–H groups in total. The number of carbonyl (C=O) groups is 3. The predicted octanol–water partition coefficient (Wildman–Crippen LogP) is -4.70. The minimum Gasteiger partial charge on any atom is -0.549 e. The summed E-state index contributed by atoms with van der Waals surface area (Å²) < 4.78 is 0.